The Hall–Kier alpha value is -3.94. The Kier molecular flexibility index (Phi) is 7.37. The van der Waals surface area contributed by atoms with E-state index >= 15 is 0 Å². The van der Waals surface area contributed by atoms with Gasteiger partial charge in [0.15, 0.2) is 10.9 Å². The number of furan rings is 1. The highest BCUT2D eigenvalue weighted by Crippen LogP contribution is 2.24. The van der Waals surface area contributed by atoms with Crippen LogP contribution in [-0.2, 0) is 11.2 Å². The van der Waals surface area contributed by atoms with Crippen molar-refractivity contribution in [3.63, 3.8) is 0 Å². The van der Waals surface area contributed by atoms with Crippen LogP contribution in [0.5, 0.6) is 0 Å². The van der Waals surface area contributed by atoms with Crippen LogP contribution in [0.1, 0.15) is 16.1 Å². The number of benzene rings is 3. The second-order valence-corrected chi connectivity index (χ2v) is 8.21. The highest BCUT2D eigenvalue weighted by Gasteiger charge is 2.14. The molecular formula is C26H20ClN3O3S. The number of rotatable bonds is 6. The number of halogens is 1. The van der Waals surface area contributed by atoms with E-state index in [2.05, 4.69) is 16.0 Å². The van der Waals surface area contributed by atoms with Gasteiger partial charge in [0.25, 0.3) is 5.91 Å². The molecule has 3 N–H and O–H groups in total. The Morgan fingerprint density at radius 3 is 2.12 bits per heavy atom. The molecule has 170 valence electrons. The maximum Gasteiger partial charge on any atom is 0.293 e. The summed E-state index contributed by atoms with van der Waals surface area (Å²) < 4.78 is 5.63. The largest absolute Gasteiger partial charge is 0.451 e. The number of thiocarbonyl (C=S) groups is 1. The molecule has 0 aliphatic heterocycles. The van der Waals surface area contributed by atoms with Gasteiger partial charge in [0.2, 0.25) is 5.91 Å². The molecule has 1 heterocycles. The second kappa shape index (κ2) is 10.8. The lowest BCUT2D eigenvalue weighted by Crippen LogP contribution is -2.33. The van der Waals surface area contributed by atoms with Gasteiger partial charge in [-0.3, -0.25) is 14.9 Å². The number of carbonyl (C=O) groups excluding carboxylic acids is 2. The Morgan fingerprint density at radius 1 is 0.794 bits per heavy atom. The van der Waals surface area contributed by atoms with Gasteiger partial charge in [-0.1, -0.05) is 41.9 Å². The molecule has 0 fully saturated rings. The molecule has 6 nitrogen and oxygen atoms in total. The molecule has 1 aromatic heterocycles. The van der Waals surface area contributed by atoms with Gasteiger partial charge in [-0.25, -0.2) is 0 Å². The molecule has 2 amide bonds. The van der Waals surface area contributed by atoms with E-state index in [0.29, 0.717) is 28.6 Å². The Balaban J connectivity index is 1.28. The van der Waals surface area contributed by atoms with Crippen LogP contribution in [-0.4, -0.2) is 16.9 Å². The third-order valence-corrected chi connectivity index (χ3v) is 5.28. The average Bonchev–Trinajstić information content (AvgIpc) is 3.32. The topological polar surface area (TPSA) is 83.4 Å². The molecule has 0 radical (unpaired) electrons. The van der Waals surface area contributed by atoms with Crippen LogP contribution in [0.3, 0.4) is 0 Å². The van der Waals surface area contributed by atoms with E-state index in [1.54, 1.807) is 48.5 Å². The smallest absolute Gasteiger partial charge is 0.293 e. The monoisotopic (exact) mass is 489 g/mol. The first kappa shape index (κ1) is 23.2. The predicted molar refractivity (Wildman–Crippen MR) is 138 cm³/mol. The summed E-state index contributed by atoms with van der Waals surface area (Å²) in [4.78, 5) is 24.7. The summed E-state index contributed by atoms with van der Waals surface area (Å²) >= 11 is 11.1. The number of amides is 2. The first-order valence-corrected chi connectivity index (χ1v) is 11.2. The van der Waals surface area contributed by atoms with E-state index in [1.165, 1.54) is 0 Å². The molecule has 8 heteroatoms. The molecule has 0 aliphatic carbocycles. The van der Waals surface area contributed by atoms with Crippen molar-refractivity contribution in [2.75, 3.05) is 10.6 Å². The van der Waals surface area contributed by atoms with Crippen LogP contribution in [0.4, 0.5) is 11.4 Å². The minimum Gasteiger partial charge on any atom is -0.451 e. The molecule has 3 aromatic carbocycles. The summed E-state index contributed by atoms with van der Waals surface area (Å²) in [6, 6.07) is 26.9. The normalized spacial score (nSPS) is 10.4. The Bertz CT molecular complexity index is 1300. The Labute approximate surface area is 206 Å². The lowest BCUT2D eigenvalue weighted by molar-refractivity contribution is -0.115. The van der Waals surface area contributed by atoms with Crippen molar-refractivity contribution in [1.29, 1.82) is 0 Å². The van der Waals surface area contributed by atoms with Crippen LogP contribution in [0, 0.1) is 0 Å². The molecule has 0 bridgehead atoms. The van der Waals surface area contributed by atoms with Gasteiger partial charge in [0.1, 0.15) is 5.76 Å². The summed E-state index contributed by atoms with van der Waals surface area (Å²) in [6.07, 6.45) is 0.295. The van der Waals surface area contributed by atoms with Crippen LogP contribution in [0.2, 0.25) is 5.02 Å². The van der Waals surface area contributed by atoms with E-state index in [9.17, 15) is 9.59 Å². The van der Waals surface area contributed by atoms with E-state index in [4.69, 9.17) is 28.2 Å². The Morgan fingerprint density at radius 2 is 1.44 bits per heavy atom. The fourth-order valence-electron chi connectivity index (χ4n) is 3.18. The van der Waals surface area contributed by atoms with E-state index in [1.807, 2.05) is 42.5 Å². The summed E-state index contributed by atoms with van der Waals surface area (Å²) in [5.74, 6) is 0.102. The summed E-state index contributed by atoms with van der Waals surface area (Å²) in [6.45, 7) is 0. The molecule has 0 saturated heterocycles. The lowest BCUT2D eigenvalue weighted by Gasteiger charge is -2.10. The van der Waals surface area contributed by atoms with Gasteiger partial charge in [-0.05, 0) is 78.4 Å². The predicted octanol–water partition coefficient (Wildman–Crippen LogP) is 5.91. The number of carbonyl (C=O) groups is 2. The molecule has 4 rings (SSSR count). The third kappa shape index (κ3) is 6.31. The van der Waals surface area contributed by atoms with Gasteiger partial charge in [-0.15, -0.1) is 0 Å². The standard InChI is InChI=1S/C26H20ClN3O3S/c27-19-8-6-18(7-9-19)22-14-15-23(33-22)25(32)30-26(34)29-21-12-10-20(11-13-21)28-24(31)16-17-4-2-1-3-5-17/h1-15H,16H2,(H,28,31)(H2,29,30,32,34). The minimum absolute atomic E-state index is 0.105. The van der Waals surface area contributed by atoms with Gasteiger partial charge < -0.3 is 15.1 Å². The van der Waals surface area contributed by atoms with Gasteiger partial charge in [-0.2, -0.15) is 0 Å². The van der Waals surface area contributed by atoms with Crippen molar-refractivity contribution in [2.45, 2.75) is 6.42 Å². The molecule has 4 aromatic rings. The van der Waals surface area contributed by atoms with Crippen LogP contribution >= 0.6 is 23.8 Å². The molecular weight excluding hydrogens is 470 g/mol. The zero-order valence-electron chi connectivity index (χ0n) is 17.9. The van der Waals surface area contributed by atoms with Crippen molar-refractivity contribution in [2.24, 2.45) is 0 Å². The highest BCUT2D eigenvalue weighted by molar-refractivity contribution is 7.80. The van der Waals surface area contributed by atoms with E-state index < -0.39 is 5.91 Å². The maximum atomic E-state index is 12.5. The molecule has 0 atom stereocenters. The number of anilines is 2. The fraction of sp³-hybridized carbons (Fsp3) is 0.0385. The molecule has 0 saturated carbocycles. The third-order valence-electron chi connectivity index (χ3n) is 4.82. The summed E-state index contributed by atoms with van der Waals surface area (Å²) in [5.41, 5.74) is 3.07. The van der Waals surface area contributed by atoms with Crippen molar-refractivity contribution in [1.82, 2.24) is 5.32 Å². The van der Waals surface area contributed by atoms with Crippen molar-refractivity contribution < 1.29 is 14.0 Å². The quantitative estimate of drug-likeness (QED) is 0.293. The van der Waals surface area contributed by atoms with Gasteiger partial charge in [0, 0.05) is 22.0 Å². The first-order valence-electron chi connectivity index (χ1n) is 10.4. The summed E-state index contributed by atoms with van der Waals surface area (Å²) in [7, 11) is 0. The van der Waals surface area contributed by atoms with Crippen LogP contribution < -0.4 is 16.0 Å². The fourth-order valence-corrected chi connectivity index (χ4v) is 3.52. The van der Waals surface area contributed by atoms with Crippen LogP contribution in [0.25, 0.3) is 11.3 Å². The average molecular weight is 490 g/mol. The minimum atomic E-state index is -0.470. The molecule has 0 unspecified atom stereocenters. The first-order chi connectivity index (χ1) is 16.5. The number of hydrogen-bond acceptors (Lipinski definition) is 4. The van der Waals surface area contributed by atoms with Crippen molar-refractivity contribution in [3.05, 3.63) is 107 Å². The second-order valence-electron chi connectivity index (χ2n) is 7.37. The zero-order chi connectivity index (χ0) is 23.9. The molecule has 0 aliphatic rings. The number of nitrogens with one attached hydrogen (secondary N) is 3. The van der Waals surface area contributed by atoms with Gasteiger partial charge >= 0.3 is 0 Å². The van der Waals surface area contributed by atoms with Gasteiger partial charge in [0.05, 0.1) is 6.42 Å². The maximum absolute atomic E-state index is 12.5. The lowest BCUT2D eigenvalue weighted by atomic mass is 10.1. The van der Waals surface area contributed by atoms with E-state index in [0.717, 1.165) is 11.1 Å². The van der Waals surface area contributed by atoms with Crippen molar-refractivity contribution >= 4 is 52.1 Å². The van der Waals surface area contributed by atoms with Crippen LogP contribution in [0.15, 0.2) is 95.4 Å². The zero-order valence-corrected chi connectivity index (χ0v) is 19.5. The molecule has 0 spiro atoms. The summed E-state index contributed by atoms with van der Waals surface area (Å²) in [5, 5.41) is 9.12. The molecule has 34 heavy (non-hydrogen) atoms. The SMILES string of the molecule is O=C(Cc1ccccc1)Nc1ccc(NC(=S)NC(=O)c2ccc(-c3ccc(Cl)cc3)o2)cc1. The van der Waals surface area contributed by atoms with Crippen molar-refractivity contribution in [3.8, 4) is 11.3 Å². The number of hydrogen-bond donors (Lipinski definition) is 3. The van der Waals surface area contributed by atoms with E-state index in [-0.39, 0.29) is 16.8 Å². The highest BCUT2D eigenvalue weighted by atomic mass is 35.5.